The quantitative estimate of drug-likeness (QED) is 0.785. The molecule has 0 aliphatic heterocycles. The molecule has 0 fully saturated rings. The smallest absolute Gasteiger partial charge is 0.388 e. The minimum atomic E-state index is -4.53. The second-order valence-electron chi connectivity index (χ2n) is 5.28. The van der Waals surface area contributed by atoms with Gasteiger partial charge in [0, 0.05) is 11.6 Å². The molecule has 0 spiro atoms. The van der Waals surface area contributed by atoms with E-state index in [-0.39, 0.29) is 17.9 Å². The molecule has 0 heterocycles. The summed E-state index contributed by atoms with van der Waals surface area (Å²) in [5, 5.41) is 10.5. The highest BCUT2D eigenvalue weighted by Crippen LogP contribution is 2.29. The van der Waals surface area contributed by atoms with Gasteiger partial charge in [-0.15, -0.1) is 0 Å². The molecule has 9 heteroatoms. The van der Waals surface area contributed by atoms with Crippen molar-refractivity contribution in [2.75, 3.05) is 6.54 Å². The summed E-state index contributed by atoms with van der Waals surface area (Å²) in [5.41, 5.74) is -0.385. The molecule has 0 bridgehead atoms. The first kappa shape index (κ1) is 19.7. The van der Waals surface area contributed by atoms with Crippen LogP contribution < -0.4 is 4.72 Å². The molecule has 25 heavy (non-hydrogen) atoms. The molecular weight excluding hydrogens is 379 g/mol. The summed E-state index contributed by atoms with van der Waals surface area (Å²) in [6.07, 6.45) is -5.37. The molecule has 0 aliphatic carbocycles. The Morgan fingerprint density at radius 2 is 1.76 bits per heavy atom. The maximum atomic E-state index is 12.5. The number of aliphatic hydroxyl groups is 1. The number of aliphatic hydroxyl groups excluding tert-OH is 1. The minimum Gasteiger partial charge on any atom is -0.388 e. The van der Waals surface area contributed by atoms with Gasteiger partial charge in [0.05, 0.1) is 16.6 Å². The molecule has 0 saturated heterocycles. The first-order chi connectivity index (χ1) is 11.6. The second kappa shape index (κ2) is 7.74. The van der Waals surface area contributed by atoms with Crippen LogP contribution in [0.4, 0.5) is 13.2 Å². The van der Waals surface area contributed by atoms with Gasteiger partial charge in [0.1, 0.15) is 0 Å². The largest absolute Gasteiger partial charge is 0.416 e. The van der Waals surface area contributed by atoms with Gasteiger partial charge in [-0.3, -0.25) is 0 Å². The van der Waals surface area contributed by atoms with E-state index in [0.29, 0.717) is 22.7 Å². The second-order valence-corrected chi connectivity index (χ2v) is 7.48. The Balaban J connectivity index is 1.97. The van der Waals surface area contributed by atoms with Gasteiger partial charge in [-0.25, -0.2) is 13.1 Å². The van der Waals surface area contributed by atoms with Gasteiger partial charge in [0.25, 0.3) is 0 Å². The molecule has 2 aromatic carbocycles. The predicted octanol–water partition coefficient (Wildman–Crippen LogP) is 3.76. The van der Waals surface area contributed by atoms with Crippen molar-refractivity contribution in [2.24, 2.45) is 0 Å². The SMILES string of the molecule is O=S(=O)(NCC[C@@H](O)c1cccc(Cl)c1)c1ccc(C(F)(F)F)cc1. The van der Waals surface area contributed by atoms with Crippen molar-refractivity contribution in [3.8, 4) is 0 Å². The Kier molecular flexibility index (Phi) is 6.10. The van der Waals surface area contributed by atoms with Crippen LogP contribution in [0.1, 0.15) is 23.7 Å². The zero-order chi connectivity index (χ0) is 18.7. The third-order valence-corrected chi connectivity index (χ3v) is 5.15. The van der Waals surface area contributed by atoms with Crippen molar-refractivity contribution in [3.63, 3.8) is 0 Å². The summed E-state index contributed by atoms with van der Waals surface area (Å²) in [6.45, 7) is -0.0863. The van der Waals surface area contributed by atoms with Crippen LogP contribution in [0, 0.1) is 0 Å². The number of hydrogen-bond donors (Lipinski definition) is 2. The summed E-state index contributed by atoms with van der Waals surface area (Å²) in [7, 11) is -3.96. The van der Waals surface area contributed by atoms with Crippen molar-refractivity contribution in [1.82, 2.24) is 4.72 Å². The molecule has 2 N–H and O–H groups in total. The Labute approximate surface area is 148 Å². The van der Waals surface area contributed by atoms with Gasteiger partial charge in [0.2, 0.25) is 10.0 Å². The van der Waals surface area contributed by atoms with E-state index in [0.717, 1.165) is 12.1 Å². The van der Waals surface area contributed by atoms with Crippen LogP contribution in [0.3, 0.4) is 0 Å². The number of nitrogens with one attached hydrogen (secondary N) is 1. The van der Waals surface area contributed by atoms with Crippen molar-refractivity contribution < 1.29 is 26.7 Å². The molecule has 0 aliphatic rings. The topological polar surface area (TPSA) is 66.4 Å². The summed E-state index contributed by atoms with van der Waals surface area (Å²) in [6, 6.07) is 9.71. The standard InChI is InChI=1S/C16H15ClF3NO3S/c17-13-3-1-2-11(10-13)15(22)8-9-21-25(23,24)14-6-4-12(5-7-14)16(18,19)20/h1-7,10,15,21-22H,8-9H2/t15-/m1/s1. The lowest BCUT2D eigenvalue weighted by atomic mass is 10.1. The molecule has 0 unspecified atom stereocenters. The number of halogens is 4. The van der Waals surface area contributed by atoms with Gasteiger partial charge in [-0.1, -0.05) is 23.7 Å². The first-order valence-electron chi connectivity index (χ1n) is 7.20. The van der Waals surface area contributed by atoms with Gasteiger partial charge >= 0.3 is 6.18 Å². The minimum absolute atomic E-state index is 0.0835. The van der Waals surface area contributed by atoms with Crippen LogP contribution in [0.25, 0.3) is 0 Å². The molecular formula is C16H15ClF3NO3S. The van der Waals surface area contributed by atoms with Crippen LogP contribution in [-0.4, -0.2) is 20.1 Å². The lowest BCUT2D eigenvalue weighted by Crippen LogP contribution is -2.26. The number of hydrogen-bond acceptors (Lipinski definition) is 3. The highest BCUT2D eigenvalue weighted by atomic mass is 35.5. The van der Waals surface area contributed by atoms with Gasteiger partial charge in [-0.05, 0) is 48.4 Å². The first-order valence-corrected chi connectivity index (χ1v) is 9.06. The summed E-state index contributed by atoms with van der Waals surface area (Å²) >= 11 is 5.82. The fourth-order valence-electron chi connectivity index (χ4n) is 2.12. The fourth-order valence-corrected chi connectivity index (χ4v) is 3.36. The van der Waals surface area contributed by atoms with Gasteiger partial charge in [0.15, 0.2) is 0 Å². The number of benzene rings is 2. The molecule has 0 saturated carbocycles. The monoisotopic (exact) mass is 393 g/mol. The van der Waals surface area contributed by atoms with Crippen LogP contribution in [-0.2, 0) is 16.2 Å². The fraction of sp³-hybridized carbons (Fsp3) is 0.250. The van der Waals surface area contributed by atoms with E-state index < -0.39 is 27.9 Å². The third kappa shape index (κ3) is 5.43. The maximum Gasteiger partial charge on any atom is 0.416 e. The van der Waals surface area contributed by atoms with E-state index in [1.54, 1.807) is 24.3 Å². The Hall–Kier alpha value is -1.61. The number of rotatable bonds is 6. The van der Waals surface area contributed by atoms with E-state index in [9.17, 15) is 26.7 Å². The van der Waals surface area contributed by atoms with Crippen molar-refractivity contribution in [1.29, 1.82) is 0 Å². The van der Waals surface area contributed by atoms with E-state index in [1.165, 1.54) is 0 Å². The third-order valence-electron chi connectivity index (χ3n) is 3.44. The van der Waals surface area contributed by atoms with Gasteiger partial charge < -0.3 is 5.11 Å². The van der Waals surface area contributed by atoms with Gasteiger partial charge in [-0.2, -0.15) is 13.2 Å². The van der Waals surface area contributed by atoms with E-state index in [1.807, 2.05) is 0 Å². The molecule has 2 rings (SSSR count). The molecule has 0 aromatic heterocycles. The van der Waals surface area contributed by atoms with Crippen LogP contribution >= 0.6 is 11.6 Å². The lowest BCUT2D eigenvalue weighted by Gasteiger charge is -2.13. The van der Waals surface area contributed by atoms with Crippen molar-refractivity contribution in [3.05, 3.63) is 64.7 Å². The predicted molar refractivity (Wildman–Crippen MR) is 87.7 cm³/mol. The maximum absolute atomic E-state index is 12.5. The van der Waals surface area contributed by atoms with E-state index >= 15 is 0 Å². The van der Waals surface area contributed by atoms with Crippen molar-refractivity contribution >= 4 is 21.6 Å². The Bertz CT molecular complexity index is 823. The average molecular weight is 394 g/mol. The van der Waals surface area contributed by atoms with Crippen LogP contribution in [0.2, 0.25) is 5.02 Å². The Morgan fingerprint density at radius 3 is 2.32 bits per heavy atom. The van der Waals surface area contributed by atoms with Crippen LogP contribution in [0.5, 0.6) is 0 Å². The number of sulfonamides is 1. The zero-order valence-electron chi connectivity index (χ0n) is 12.8. The average Bonchev–Trinajstić information content (AvgIpc) is 2.54. The summed E-state index contributed by atoms with van der Waals surface area (Å²) in [5.74, 6) is 0. The normalized spacial score (nSPS) is 13.6. The highest BCUT2D eigenvalue weighted by Gasteiger charge is 2.30. The molecule has 4 nitrogen and oxygen atoms in total. The number of alkyl halides is 3. The summed E-state index contributed by atoms with van der Waals surface area (Å²) in [4.78, 5) is -0.280. The zero-order valence-corrected chi connectivity index (χ0v) is 14.4. The molecule has 1 atom stereocenters. The van der Waals surface area contributed by atoms with Crippen LogP contribution in [0.15, 0.2) is 53.4 Å². The van der Waals surface area contributed by atoms with E-state index in [2.05, 4.69) is 4.72 Å². The highest BCUT2D eigenvalue weighted by molar-refractivity contribution is 7.89. The van der Waals surface area contributed by atoms with E-state index in [4.69, 9.17) is 11.6 Å². The molecule has 136 valence electrons. The molecule has 2 aromatic rings. The van der Waals surface area contributed by atoms with Crippen molar-refractivity contribution in [2.45, 2.75) is 23.6 Å². The summed E-state index contributed by atoms with van der Waals surface area (Å²) < 4.78 is 63.9. The molecule has 0 amide bonds. The lowest BCUT2D eigenvalue weighted by molar-refractivity contribution is -0.137. The molecule has 0 radical (unpaired) electrons. The Morgan fingerprint density at radius 1 is 1.12 bits per heavy atom.